The fraction of sp³-hybridized carbons (Fsp3) is 0.333. The highest BCUT2D eigenvalue weighted by molar-refractivity contribution is 5.80. The number of aromatic amines is 1. The molecule has 7 heteroatoms. The van der Waals surface area contributed by atoms with E-state index in [0.29, 0.717) is 60.0 Å². The Kier molecular flexibility index (Phi) is 5.55. The van der Waals surface area contributed by atoms with E-state index < -0.39 is 0 Å². The van der Waals surface area contributed by atoms with E-state index in [4.69, 9.17) is 18.9 Å². The molecule has 0 atom stereocenters. The van der Waals surface area contributed by atoms with Gasteiger partial charge in [0, 0.05) is 6.42 Å². The molecule has 0 amide bonds. The minimum atomic E-state index is -0.259. The van der Waals surface area contributed by atoms with Crippen molar-refractivity contribution in [3.05, 3.63) is 52.8 Å². The lowest BCUT2D eigenvalue weighted by Gasteiger charge is -2.23. The van der Waals surface area contributed by atoms with Gasteiger partial charge in [0.1, 0.15) is 5.82 Å². The van der Waals surface area contributed by atoms with Crippen LogP contribution in [0.4, 0.5) is 0 Å². The molecule has 0 spiro atoms. The maximum atomic E-state index is 12.5. The first-order valence-electron chi connectivity index (χ1n) is 9.28. The average molecular weight is 382 g/mol. The number of benzene rings is 2. The monoisotopic (exact) mass is 382 g/mol. The average Bonchev–Trinajstić information content (AvgIpc) is 2.74. The summed E-state index contributed by atoms with van der Waals surface area (Å²) in [7, 11) is 1.58. The molecule has 2 aromatic carbocycles. The molecular weight excluding hydrogens is 360 g/mol. The van der Waals surface area contributed by atoms with E-state index in [-0.39, 0.29) is 11.8 Å². The van der Waals surface area contributed by atoms with Crippen LogP contribution in [0.5, 0.6) is 11.5 Å². The van der Waals surface area contributed by atoms with Crippen LogP contribution in [0.2, 0.25) is 0 Å². The Morgan fingerprint density at radius 3 is 2.79 bits per heavy atom. The van der Waals surface area contributed by atoms with Crippen LogP contribution in [-0.4, -0.2) is 43.2 Å². The Morgan fingerprint density at radius 2 is 1.96 bits per heavy atom. The van der Waals surface area contributed by atoms with Gasteiger partial charge in [-0.2, -0.15) is 0 Å². The molecule has 1 N–H and O–H groups in total. The second kappa shape index (κ2) is 8.41. The molecule has 0 bridgehead atoms. The molecular formula is C21H22N2O5. The molecule has 1 aliphatic rings. The molecule has 2 heterocycles. The maximum absolute atomic E-state index is 12.5. The zero-order valence-electron chi connectivity index (χ0n) is 15.6. The van der Waals surface area contributed by atoms with Crippen molar-refractivity contribution in [1.82, 2.24) is 9.97 Å². The summed E-state index contributed by atoms with van der Waals surface area (Å²) < 4.78 is 22.6. The molecule has 1 saturated heterocycles. The van der Waals surface area contributed by atoms with Gasteiger partial charge in [-0.25, -0.2) is 4.98 Å². The van der Waals surface area contributed by atoms with Gasteiger partial charge in [0.15, 0.2) is 17.8 Å². The Balaban J connectivity index is 1.64. The van der Waals surface area contributed by atoms with Crippen LogP contribution < -0.4 is 15.0 Å². The molecule has 146 valence electrons. The first kappa shape index (κ1) is 18.5. The third-order valence-electron chi connectivity index (χ3n) is 4.56. The number of nitrogens with one attached hydrogen (secondary N) is 1. The van der Waals surface area contributed by atoms with Crippen molar-refractivity contribution in [2.45, 2.75) is 19.1 Å². The van der Waals surface area contributed by atoms with E-state index in [9.17, 15) is 4.79 Å². The molecule has 1 fully saturated rings. The number of rotatable bonds is 6. The minimum Gasteiger partial charge on any atom is -0.493 e. The quantitative estimate of drug-likeness (QED) is 0.705. The van der Waals surface area contributed by atoms with Crippen LogP contribution in [0.25, 0.3) is 22.3 Å². The summed E-state index contributed by atoms with van der Waals surface area (Å²) in [5, 5.41) is 0.545. The Labute approximate surface area is 162 Å². The lowest BCUT2D eigenvalue weighted by molar-refractivity contribution is -0.183. The van der Waals surface area contributed by atoms with Gasteiger partial charge in [-0.05, 0) is 30.7 Å². The standard InChI is InChI=1S/C21H22N2O5/c1-25-17-9-4-7-15(19(17)28-13-10-18-26-11-5-12-27-18)20-22-16-8-3-2-6-14(16)21(24)23-20/h2-4,6-9,18H,5,10-13H2,1H3,(H,22,23,24). The minimum absolute atomic E-state index is 0.196. The van der Waals surface area contributed by atoms with Crippen LogP contribution >= 0.6 is 0 Å². The highest BCUT2D eigenvalue weighted by Crippen LogP contribution is 2.36. The fourth-order valence-corrected chi connectivity index (χ4v) is 3.19. The smallest absolute Gasteiger partial charge is 0.259 e. The van der Waals surface area contributed by atoms with Gasteiger partial charge in [0.2, 0.25) is 0 Å². The Morgan fingerprint density at radius 1 is 1.14 bits per heavy atom. The van der Waals surface area contributed by atoms with Crippen LogP contribution in [0.3, 0.4) is 0 Å². The molecule has 1 aliphatic heterocycles. The topological polar surface area (TPSA) is 82.7 Å². The third kappa shape index (κ3) is 3.85. The zero-order valence-corrected chi connectivity index (χ0v) is 15.6. The van der Waals surface area contributed by atoms with E-state index in [1.807, 2.05) is 36.4 Å². The second-order valence-corrected chi connectivity index (χ2v) is 6.43. The van der Waals surface area contributed by atoms with Crippen molar-refractivity contribution in [1.29, 1.82) is 0 Å². The number of ether oxygens (including phenoxy) is 4. The molecule has 4 rings (SSSR count). The molecule has 0 aliphatic carbocycles. The van der Waals surface area contributed by atoms with E-state index in [1.54, 1.807) is 13.2 Å². The summed E-state index contributed by atoms with van der Waals surface area (Å²) in [6, 6.07) is 12.7. The van der Waals surface area contributed by atoms with Gasteiger partial charge in [-0.15, -0.1) is 0 Å². The van der Waals surface area contributed by atoms with Gasteiger partial charge < -0.3 is 23.9 Å². The summed E-state index contributed by atoms with van der Waals surface area (Å²) in [5.74, 6) is 1.53. The SMILES string of the molecule is COc1cccc(-c2nc3ccccc3c(=O)[nH]2)c1OCCC1OCCCO1. The summed E-state index contributed by atoms with van der Waals surface area (Å²) in [5.41, 5.74) is 1.09. The Bertz CT molecular complexity index is 1010. The van der Waals surface area contributed by atoms with E-state index >= 15 is 0 Å². The molecule has 0 saturated carbocycles. The van der Waals surface area contributed by atoms with Gasteiger partial charge in [0.25, 0.3) is 5.56 Å². The summed E-state index contributed by atoms with van der Waals surface area (Å²) in [4.78, 5) is 19.9. The van der Waals surface area contributed by atoms with Crippen molar-refractivity contribution in [2.75, 3.05) is 26.9 Å². The molecule has 7 nitrogen and oxygen atoms in total. The Hall–Kier alpha value is -2.90. The highest BCUT2D eigenvalue weighted by Gasteiger charge is 2.18. The van der Waals surface area contributed by atoms with Crippen LogP contribution in [0, 0.1) is 0 Å². The zero-order chi connectivity index (χ0) is 19.3. The van der Waals surface area contributed by atoms with Crippen molar-refractivity contribution < 1.29 is 18.9 Å². The van der Waals surface area contributed by atoms with Gasteiger partial charge in [-0.3, -0.25) is 4.79 Å². The molecule has 1 aromatic heterocycles. The number of H-pyrrole nitrogens is 1. The first-order valence-corrected chi connectivity index (χ1v) is 9.28. The fourth-order valence-electron chi connectivity index (χ4n) is 3.19. The van der Waals surface area contributed by atoms with E-state index in [0.717, 1.165) is 6.42 Å². The lowest BCUT2D eigenvalue weighted by Crippen LogP contribution is -2.26. The predicted octanol–water partition coefficient (Wildman–Crippen LogP) is 3.13. The van der Waals surface area contributed by atoms with Crippen molar-refractivity contribution in [3.63, 3.8) is 0 Å². The van der Waals surface area contributed by atoms with Crippen LogP contribution in [-0.2, 0) is 9.47 Å². The predicted molar refractivity (Wildman–Crippen MR) is 105 cm³/mol. The van der Waals surface area contributed by atoms with Crippen molar-refractivity contribution >= 4 is 10.9 Å². The molecule has 3 aromatic rings. The van der Waals surface area contributed by atoms with Crippen LogP contribution in [0.1, 0.15) is 12.8 Å². The number of nitrogens with zero attached hydrogens (tertiary/aromatic N) is 1. The van der Waals surface area contributed by atoms with Gasteiger partial charge in [0.05, 0.1) is 43.4 Å². The highest BCUT2D eigenvalue weighted by atomic mass is 16.7. The van der Waals surface area contributed by atoms with E-state index in [2.05, 4.69) is 9.97 Å². The van der Waals surface area contributed by atoms with Gasteiger partial charge >= 0.3 is 0 Å². The number of methoxy groups -OCH3 is 1. The number of aromatic nitrogens is 2. The molecule has 0 radical (unpaired) electrons. The van der Waals surface area contributed by atoms with E-state index in [1.165, 1.54) is 0 Å². The second-order valence-electron chi connectivity index (χ2n) is 6.43. The molecule has 28 heavy (non-hydrogen) atoms. The largest absolute Gasteiger partial charge is 0.493 e. The first-order chi connectivity index (χ1) is 13.8. The number of para-hydroxylation sites is 2. The maximum Gasteiger partial charge on any atom is 0.259 e. The van der Waals surface area contributed by atoms with Crippen LogP contribution in [0.15, 0.2) is 47.3 Å². The van der Waals surface area contributed by atoms with Crippen molar-refractivity contribution in [2.24, 2.45) is 0 Å². The molecule has 0 unspecified atom stereocenters. The van der Waals surface area contributed by atoms with Gasteiger partial charge in [-0.1, -0.05) is 18.2 Å². The van der Waals surface area contributed by atoms with Crippen molar-refractivity contribution in [3.8, 4) is 22.9 Å². The number of fused-ring (bicyclic) bond motifs is 1. The number of hydrogen-bond acceptors (Lipinski definition) is 6. The summed E-state index contributed by atoms with van der Waals surface area (Å²) in [6.45, 7) is 1.79. The summed E-state index contributed by atoms with van der Waals surface area (Å²) in [6.07, 6.45) is 1.25. The normalized spacial score (nSPS) is 14.9. The lowest BCUT2D eigenvalue weighted by atomic mass is 10.1. The number of hydrogen-bond donors (Lipinski definition) is 1. The third-order valence-corrected chi connectivity index (χ3v) is 4.56. The summed E-state index contributed by atoms with van der Waals surface area (Å²) >= 11 is 0.